The largest absolute Gasteiger partial charge is 0.480 e. The van der Waals surface area contributed by atoms with Gasteiger partial charge in [0, 0.05) is 19.6 Å². The fourth-order valence-corrected chi connectivity index (χ4v) is 5.57. The van der Waals surface area contributed by atoms with Crippen molar-refractivity contribution in [3.05, 3.63) is 35.9 Å². The molecule has 0 saturated carbocycles. The van der Waals surface area contributed by atoms with E-state index in [2.05, 4.69) is 5.32 Å². The summed E-state index contributed by atoms with van der Waals surface area (Å²) in [6.45, 7) is 6.61. The number of rotatable bonds is 8. The molecule has 9 nitrogen and oxygen atoms in total. The van der Waals surface area contributed by atoms with Gasteiger partial charge in [0.25, 0.3) is 0 Å². The van der Waals surface area contributed by atoms with Gasteiger partial charge in [0.05, 0.1) is 5.41 Å². The molecule has 3 amide bonds. The summed E-state index contributed by atoms with van der Waals surface area (Å²) < 4.78 is 5.53. The number of hydrogen-bond acceptors (Lipinski definition) is 6. The number of piperidine rings is 1. The Kier molecular flexibility index (Phi) is 9.50. The first-order valence-corrected chi connectivity index (χ1v) is 14.2. The van der Waals surface area contributed by atoms with Crippen molar-refractivity contribution in [2.45, 2.75) is 76.0 Å². The molecule has 1 aromatic rings. The molecule has 10 heteroatoms. The number of thioether (sulfide) groups is 1. The van der Waals surface area contributed by atoms with E-state index in [-0.39, 0.29) is 5.91 Å². The maximum atomic E-state index is 14.2. The van der Waals surface area contributed by atoms with Crippen molar-refractivity contribution in [3.8, 4) is 0 Å². The van der Waals surface area contributed by atoms with Crippen molar-refractivity contribution in [1.82, 2.24) is 15.1 Å². The molecule has 2 atom stereocenters. The number of nitrogens with one attached hydrogen (secondary N) is 1. The van der Waals surface area contributed by atoms with Gasteiger partial charge in [-0.1, -0.05) is 30.3 Å². The second-order valence-electron chi connectivity index (χ2n) is 10.8. The second-order valence-corrected chi connectivity index (χ2v) is 11.7. The minimum atomic E-state index is -1.08. The van der Waals surface area contributed by atoms with E-state index in [1.165, 1.54) is 11.8 Å². The van der Waals surface area contributed by atoms with Gasteiger partial charge in [-0.05, 0) is 70.4 Å². The van der Waals surface area contributed by atoms with Crippen molar-refractivity contribution >= 4 is 35.6 Å². The third kappa shape index (κ3) is 6.97. The number of likely N-dealkylation sites (tertiary alicyclic amines) is 2. The fraction of sp³-hybridized carbons (Fsp3) is 0.630. The molecule has 37 heavy (non-hydrogen) atoms. The van der Waals surface area contributed by atoms with Gasteiger partial charge >= 0.3 is 12.1 Å². The summed E-state index contributed by atoms with van der Waals surface area (Å²) in [7, 11) is 0. The number of hydrogen-bond donors (Lipinski definition) is 2. The summed E-state index contributed by atoms with van der Waals surface area (Å²) in [6.07, 6.45) is 3.77. The first-order valence-electron chi connectivity index (χ1n) is 12.8. The SMILES string of the molecule is CSCC[C@H](NC(=O)[C@@H]1CCCN1C(=O)C1(c2ccccc2)CCN(C(=O)OC(C)(C)C)CC1)C(=O)O. The Morgan fingerprint density at radius 1 is 1.14 bits per heavy atom. The summed E-state index contributed by atoms with van der Waals surface area (Å²) in [6, 6.07) is 7.82. The van der Waals surface area contributed by atoms with Crippen LogP contribution in [0.3, 0.4) is 0 Å². The molecule has 3 rings (SSSR count). The summed E-state index contributed by atoms with van der Waals surface area (Å²) in [5, 5.41) is 12.2. The van der Waals surface area contributed by atoms with Crippen LogP contribution in [0.5, 0.6) is 0 Å². The molecule has 0 unspecified atom stereocenters. The normalized spacial score (nSPS) is 20.3. The van der Waals surface area contributed by atoms with Crippen LogP contribution in [0.1, 0.15) is 58.4 Å². The van der Waals surface area contributed by atoms with E-state index in [4.69, 9.17) is 4.74 Å². The van der Waals surface area contributed by atoms with Crippen LogP contribution < -0.4 is 5.32 Å². The lowest BCUT2D eigenvalue weighted by molar-refractivity contribution is -0.146. The molecule has 2 aliphatic rings. The van der Waals surface area contributed by atoms with Crippen molar-refractivity contribution in [3.63, 3.8) is 0 Å². The Bertz CT molecular complexity index is 972. The maximum absolute atomic E-state index is 14.2. The number of carboxylic acid groups (broad SMARTS) is 1. The van der Waals surface area contributed by atoms with E-state index in [0.29, 0.717) is 57.5 Å². The van der Waals surface area contributed by atoms with E-state index in [9.17, 15) is 24.3 Å². The highest BCUT2D eigenvalue weighted by molar-refractivity contribution is 7.98. The number of carboxylic acids is 1. The quantitative estimate of drug-likeness (QED) is 0.527. The fourth-order valence-electron chi connectivity index (χ4n) is 5.10. The summed E-state index contributed by atoms with van der Waals surface area (Å²) in [5.74, 6) is -1.03. The summed E-state index contributed by atoms with van der Waals surface area (Å²) in [4.78, 5) is 55.0. The standard InChI is InChI=1S/C27H39N3O6S/c1-26(2,3)36-25(35)29-16-13-27(14-17-29,19-9-6-5-7-10-19)24(34)30-15-8-11-21(30)22(31)28-20(23(32)33)12-18-37-4/h5-7,9-10,20-21H,8,11-18H2,1-4H3,(H,28,31)(H,32,33)/t20-,21-/m0/s1. The number of amides is 3. The number of benzene rings is 1. The topological polar surface area (TPSA) is 116 Å². The average molecular weight is 534 g/mol. The Labute approximate surface area is 223 Å². The van der Waals surface area contributed by atoms with E-state index >= 15 is 0 Å². The number of ether oxygens (including phenoxy) is 1. The summed E-state index contributed by atoms with van der Waals surface area (Å²) in [5.41, 5.74) is -0.632. The molecule has 0 spiro atoms. The predicted molar refractivity (Wildman–Crippen MR) is 142 cm³/mol. The van der Waals surface area contributed by atoms with Crippen LogP contribution in [0.2, 0.25) is 0 Å². The lowest BCUT2D eigenvalue weighted by Crippen LogP contribution is -2.58. The molecular formula is C27H39N3O6S. The van der Waals surface area contributed by atoms with Crippen LogP contribution in [0.4, 0.5) is 4.79 Å². The van der Waals surface area contributed by atoms with Gasteiger partial charge in [-0.2, -0.15) is 11.8 Å². The maximum Gasteiger partial charge on any atom is 0.410 e. The molecule has 0 aliphatic carbocycles. The molecule has 2 N–H and O–H groups in total. The van der Waals surface area contributed by atoms with Gasteiger partial charge in [0.1, 0.15) is 17.7 Å². The van der Waals surface area contributed by atoms with Crippen LogP contribution >= 0.6 is 11.8 Å². The molecule has 0 aromatic heterocycles. The van der Waals surface area contributed by atoms with Gasteiger partial charge in [0.15, 0.2) is 0 Å². The molecule has 2 heterocycles. The minimum absolute atomic E-state index is 0.142. The third-order valence-electron chi connectivity index (χ3n) is 7.05. The van der Waals surface area contributed by atoms with E-state index in [0.717, 1.165) is 5.56 Å². The van der Waals surface area contributed by atoms with Gasteiger partial charge in [-0.15, -0.1) is 0 Å². The van der Waals surface area contributed by atoms with Gasteiger partial charge < -0.3 is 25.0 Å². The van der Waals surface area contributed by atoms with Crippen molar-refractivity contribution in [1.29, 1.82) is 0 Å². The van der Waals surface area contributed by atoms with Crippen molar-refractivity contribution in [2.75, 3.05) is 31.6 Å². The van der Waals surface area contributed by atoms with Gasteiger partial charge in [-0.3, -0.25) is 9.59 Å². The number of nitrogens with zero attached hydrogens (tertiary/aromatic N) is 2. The first-order chi connectivity index (χ1) is 17.5. The monoisotopic (exact) mass is 533 g/mol. The molecule has 1 aromatic carbocycles. The van der Waals surface area contributed by atoms with Gasteiger partial charge in [0.2, 0.25) is 11.8 Å². The number of carbonyl (C=O) groups excluding carboxylic acids is 3. The summed E-state index contributed by atoms with van der Waals surface area (Å²) >= 11 is 1.52. The molecule has 2 aliphatic heterocycles. The van der Waals surface area contributed by atoms with E-state index in [1.54, 1.807) is 9.80 Å². The first kappa shape index (κ1) is 28.8. The van der Waals surface area contributed by atoms with Crippen LogP contribution in [-0.4, -0.2) is 88.1 Å². The zero-order chi connectivity index (χ0) is 27.2. The molecule has 204 valence electrons. The molecule has 2 saturated heterocycles. The van der Waals surface area contributed by atoms with E-state index in [1.807, 2.05) is 57.4 Å². The van der Waals surface area contributed by atoms with E-state index < -0.39 is 41.1 Å². The Morgan fingerprint density at radius 3 is 2.35 bits per heavy atom. The Hall–Kier alpha value is -2.75. The molecular weight excluding hydrogens is 494 g/mol. The highest BCUT2D eigenvalue weighted by Gasteiger charge is 2.49. The van der Waals surface area contributed by atoms with Crippen molar-refractivity contribution < 1.29 is 29.0 Å². The van der Waals surface area contributed by atoms with Crippen LogP contribution in [0.15, 0.2) is 30.3 Å². The highest BCUT2D eigenvalue weighted by atomic mass is 32.2. The Morgan fingerprint density at radius 2 is 1.78 bits per heavy atom. The van der Waals surface area contributed by atoms with Crippen molar-refractivity contribution in [2.24, 2.45) is 0 Å². The number of carbonyl (C=O) groups is 4. The van der Waals surface area contributed by atoms with Crippen LogP contribution in [0.25, 0.3) is 0 Å². The second kappa shape index (κ2) is 12.2. The number of aliphatic carboxylic acids is 1. The van der Waals surface area contributed by atoms with Crippen LogP contribution in [-0.2, 0) is 24.5 Å². The molecule has 0 radical (unpaired) electrons. The lowest BCUT2D eigenvalue weighted by atomic mass is 9.71. The molecule has 0 bridgehead atoms. The van der Waals surface area contributed by atoms with Crippen LogP contribution in [0, 0.1) is 0 Å². The predicted octanol–water partition coefficient (Wildman–Crippen LogP) is 3.27. The average Bonchev–Trinajstić information content (AvgIpc) is 3.35. The highest BCUT2D eigenvalue weighted by Crippen LogP contribution is 2.39. The molecule has 2 fully saturated rings. The Balaban J connectivity index is 1.81. The van der Waals surface area contributed by atoms with Gasteiger partial charge in [-0.25, -0.2) is 9.59 Å². The third-order valence-corrected chi connectivity index (χ3v) is 7.69. The lowest BCUT2D eigenvalue weighted by Gasteiger charge is -2.44. The smallest absolute Gasteiger partial charge is 0.410 e. The zero-order valence-corrected chi connectivity index (χ0v) is 23.0. The zero-order valence-electron chi connectivity index (χ0n) is 22.2. The minimum Gasteiger partial charge on any atom is -0.480 e.